The van der Waals surface area contributed by atoms with E-state index < -0.39 is 5.82 Å². The van der Waals surface area contributed by atoms with Crippen LogP contribution in [0, 0.1) is 24.1 Å². The number of rotatable bonds is 0. The molecule has 0 radical (unpaired) electrons. The minimum absolute atomic E-state index is 0.167. The third kappa shape index (κ3) is 1.27. The molecule has 4 heteroatoms. The van der Waals surface area contributed by atoms with Gasteiger partial charge in [0.05, 0.1) is 0 Å². The number of nitrogens with two attached hydrogens (primary N) is 1. The smallest absolute Gasteiger partial charge is 0.178 e. The van der Waals surface area contributed by atoms with Gasteiger partial charge >= 0.3 is 0 Å². The molecule has 56 valence electrons. The second-order valence-electron chi connectivity index (χ2n) is 2.14. The molecule has 1 aromatic heterocycles. The molecule has 11 heavy (non-hydrogen) atoms. The molecule has 1 aromatic rings. The van der Waals surface area contributed by atoms with Crippen LogP contribution in [0.5, 0.6) is 0 Å². The molecule has 0 aliphatic rings. The summed E-state index contributed by atoms with van der Waals surface area (Å²) in [6.45, 7) is 1.54. The first-order chi connectivity index (χ1) is 5.15. The molecule has 0 saturated heterocycles. The van der Waals surface area contributed by atoms with E-state index in [0.29, 0.717) is 5.56 Å². The Balaban J connectivity index is 3.39. The monoisotopic (exact) mass is 151 g/mol. The van der Waals surface area contributed by atoms with Crippen molar-refractivity contribution in [2.45, 2.75) is 6.92 Å². The standard InChI is InChI=1S/C7H6FN3/c1-4-2-6(10)11-5(3-9)7(4)8/h2H,1H3,(H2,10,11). The summed E-state index contributed by atoms with van der Waals surface area (Å²) in [5.41, 5.74) is 5.37. The molecule has 0 bridgehead atoms. The average Bonchev–Trinajstić information content (AvgIpc) is 1.96. The molecule has 0 fully saturated rings. The highest BCUT2D eigenvalue weighted by Gasteiger charge is 2.06. The quantitative estimate of drug-likeness (QED) is 0.601. The highest BCUT2D eigenvalue weighted by atomic mass is 19.1. The molecule has 0 aliphatic heterocycles. The van der Waals surface area contributed by atoms with Crippen LogP contribution >= 0.6 is 0 Å². The molecule has 0 unspecified atom stereocenters. The van der Waals surface area contributed by atoms with Gasteiger partial charge in [-0.05, 0) is 18.6 Å². The number of nitrogen functional groups attached to an aromatic ring is 1. The molecule has 0 aliphatic carbocycles. The number of aryl methyl sites for hydroxylation is 1. The van der Waals surface area contributed by atoms with Crippen molar-refractivity contribution in [2.24, 2.45) is 0 Å². The Kier molecular flexibility index (Phi) is 1.73. The second-order valence-corrected chi connectivity index (χ2v) is 2.14. The van der Waals surface area contributed by atoms with Crippen LogP contribution in [0.25, 0.3) is 0 Å². The van der Waals surface area contributed by atoms with Gasteiger partial charge in [-0.2, -0.15) is 5.26 Å². The van der Waals surface area contributed by atoms with Gasteiger partial charge in [-0.3, -0.25) is 0 Å². The third-order valence-electron chi connectivity index (χ3n) is 1.27. The van der Waals surface area contributed by atoms with Crippen molar-refractivity contribution >= 4 is 5.82 Å². The minimum Gasteiger partial charge on any atom is -0.384 e. The Morgan fingerprint density at radius 2 is 2.36 bits per heavy atom. The molecule has 0 aromatic carbocycles. The van der Waals surface area contributed by atoms with E-state index in [1.54, 1.807) is 6.07 Å². The fourth-order valence-corrected chi connectivity index (χ4v) is 0.756. The van der Waals surface area contributed by atoms with Gasteiger partial charge in [0.2, 0.25) is 0 Å². The van der Waals surface area contributed by atoms with Crippen LogP contribution in [-0.2, 0) is 0 Å². The minimum atomic E-state index is -0.596. The molecule has 0 amide bonds. The number of nitriles is 1. The van der Waals surface area contributed by atoms with E-state index in [-0.39, 0.29) is 11.5 Å². The third-order valence-corrected chi connectivity index (χ3v) is 1.27. The van der Waals surface area contributed by atoms with E-state index >= 15 is 0 Å². The van der Waals surface area contributed by atoms with Crippen molar-refractivity contribution in [1.82, 2.24) is 4.98 Å². The Morgan fingerprint density at radius 3 is 2.91 bits per heavy atom. The summed E-state index contributed by atoms with van der Waals surface area (Å²) in [5, 5.41) is 8.36. The second kappa shape index (κ2) is 2.54. The highest BCUT2D eigenvalue weighted by molar-refractivity contribution is 5.39. The Morgan fingerprint density at radius 1 is 1.73 bits per heavy atom. The van der Waals surface area contributed by atoms with E-state index in [0.717, 1.165) is 0 Å². The number of halogens is 1. The van der Waals surface area contributed by atoms with Crippen molar-refractivity contribution in [1.29, 1.82) is 5.26 Å². The molecule has 0 atom stereocenters. The van der Waals surface area contributed by atoms with Crippen LogP contribution in [0.1, 0.15) is 11.3 Å². The summed E-state index contributed by atoms with van der Waals surface area (Å²) in [6, 6.07) is 3.00. The van der Waals surface area contributed by atoms with E-state index in [1.807, 2.05) is 0 Å². The predicted molar refractivity (Wildman–Crippen MR) is 38.1 cm³/mol. The molecular weight excluding hydrogens is 145 g/mol. The van der Waals surface area contributed by atoms with Crippen LogP contribution in [0.15, 0.2) is 6.07 Å². The van der Waals surface area contributed by atoms with Gasteiger partial charge in [0.1, 0.15) is 11.9 Å². The van der Waals surface area contributed by atoms with E-state index in [4.69, 9.17) is 11.0 Å². The number of nitrogens with zero attached hydrogens (tertiary/aromatic N) is 2. The van der Waals surface area contributed by atoms with Gasteiger partial charge in [-0.1, -0.05) is 0 Å². The number of hydrogen-bond donors (Lipinski definition) is 1. The van der Waals surface area contributed by atoms with Crippen molar-refractivity contribution < 1.29 is 4.39 Å². The lowest BCUT2D eigenvalue weighted by atomic mass is 10.2. The van der Waals surface area contributed by atoms with Gasteiger partial charge in [0.25, 0.3) is 0 Å². The zero-order valence-corrected chi connectivity index (χ0v) is 5.93. The molecular formula is C7H6FN3. The summed E-state index contributed by atoms with van der Waals surface area (Å²) in [5.74, 6) is -0.429. The summed E-state index contributed by atoms with van der Waals surface area (Å²) in [4.78, 5) is 3.49. The predicted octanol–water partition coefficient (Wildman–Crippen LogP) is 0.983. The maximum Gasteiger partial charge on any atom is 0.178 e. The van der Waals surface area contributed by atoms with Crippen LogP contribution in [-0.4, -0.2) is 4.98 Å². The van der Waals surface area contributed by atoms with Gasteiger partial charge in [0.15, 0.2) is 11.5 Å². The molecule has 0 spiro atoms. The van der Waals surface area contributed by atoms with Crippen molar-refractivity contribution in [3.63, 3.8) is 0 Å². The van der Waals surface area contributed by atoms with Crippen molar-refractivity contribution in [3.8, 4) is 6.07 Å². The lowest BCUT2D eigenvalue weighted by Gasteiger charge is -1.98. The van der Waals surface area contributed by atoms with E-state index in [1.165, 1.54) is 13.0 Å². The van der Waals surface area contributed by atoms with Crippen LogP contribution in [0.3, 0.4) is 0 Å². The summed E-state index contributed by atoms with van der Waals surface area (Å²) < 4.78 is 12.8. The lowest BCUT2D eigenvalue weighted by Crippen LogP contribution is -1.98. The maximum absolute atomic E-state index is 12.8. The first-order valence-corrected chi connectivity index (χ1v) is 2.98. The molecule has 2 N–H and O–H groups in total. The first kappa shape index (κ1) is 7.48. The first-order valence-electron chi connectivity index (χ1n) is 2.98. The van der Waals surface area contributed by atoms with Crippen molar-refractivity contribution in [3.05, 3.63) is 23.1 Å². The van der Waals surface area contributed by atoms with Crippen molar-refractivity contribution in [2.75, 3.05) is 5.73 Å². The number of hydrogen-bond acceptors (Lipinski definition) is 3. The normalized spacial score (nSPS) is 9.18. The topological polar surface area (TPSA) is 62.7 Å². The van der Waals surface area contributed by atoms with Crippen LogP contribution < -0.4 is 5.73 Å². The van der Waals surface area contributed by atoms with Gasteiger partial charge in [0, 0.05) is 0 Å². The summed E-state index contributed by atoms with van der Waals surface area (Å²) in [7, 11) is 0. The SMILES string of the molecule is Cc1cc(N)nc(C#N)c1F. The molecule has 1 heterocycles. The largest absolute Gasteiger partial charge is 0.384 e. The summed E-state index contributed by atoms with van der Waals surface area (Å²) >= 11 is 0. The Hall–Kier alpha value is -1.63. The maximum atomic E-state index is 12.8. The van der Waals surface area contributed by atoms with Gasteiger partial charge in [-0.15, -0.1) is 0 Å². The molecule has 1 rings (SSSR count). The Labute approximate surface area is 63.3 Å². The van der Waals surface area contributed by atoms with Crippen LogP contribution in [0.2, 0.25) is 0 Å². The van der Waals surface area contributed by atoms with Gasteiger partial charge in [-0.25, -0.2) is 9.37 Å². The number of aromatic nitrogens is 1. The molecule has 0 saturated carbocycles. The zero-order valence-electron chi connectivity index (χ0n) is 5.93. The fraction of sp³-hybridized carbons (Fsp3) is 0.143. The Bertz CT molecular complexity index is 327. The van der Waals surface area contributed by atoms with Gasteiger partial charge < -0.3 is 5.73 Å². The van der Waals surface area contributed by atoms with E-state index in [9.17, 15) is 4.39 Å². The number of anilines is 1. The van der Waals surface area contributed by atoms with Crippen LogP contribution in [0.4, 0.5) is 10.2 Å². The zero-order chi connectivity index (χ0) is 8.43. The number of pyridine rings is 1. The average molecular weight is 151 g/mol. The van der Waals surface area contributed by atoms with E-state index in [2.05, 4.69) is 4.98 Å². The fourth-order valence-electron chi connectivity index (χ4n) is 0.756. The molecule has 3 nitrogen and oxygen atoms in total. The highest BCUT2D eigenvalue weighted by Crippen LogP contribution is 2.11. The summed E-state index contributed by atoms with van der Waals surface area (Å²) in [6.07, 6.45) is 0. The lowest BCUT2D eigenvalue weighted by molar-refractivity contribution is 0.608.